The van der Waals surface area contributed by atoms with E-state index in [1.807, 2.05) is 0 Å². The van der Waals surface area contributed by atoms with Gasteiger partial charge in [0, 0.05) is 25.4 Å². The zero-order chi connectivity index (χ0) is 13.2. The standard InChI is InChI=1S/C12H19FN2O3/c1-14-9-10-3-4-15-12(11(10)13)18-8-7-17-6-5-16-2/h3-4,14H,5-9H2,1-2H3. The Morgan fingerprint density at radius 2 is 2.06 bits per heavy atom. The number of pyridine rings is 1. The Kier molecular flexibility index (Phi) is 7.24. The van der Waals surface area contributed by atoms with Crippen molar-refractivity contribution in [1.82, 2.24) is 10.3 Å². The molecule has 18 heavy (non-hydrogen) atoms. The van der Waals surface area contributed by atoms with Crippen LogP contribution in [-0.2, 0) is 16.0 Å². The molecular formula is C12H19FN2O3. The number of halogens is 1. The molecule has 1 heterocycles. The lowest BCUT2D eigenvalue weighted by molar-refractivity contribution is 0.0529. The molecule has 0 bridgehead atoms. The summed E-state index contributed by atoms with van der Waals surface area (Å²) in [6, 6.07) is 1.62. The molecule has 5 nitrogen and oxygen atoms in total. The van der Waals surface area contributed by atoms with Crippen LogP contribution in [0.2, 0.25) is 0 Å². The highest BCUT2D eigenvalue weighted by molar-refractivity contribution is 5.23. The first-order chi connectivity index (χ1) is 8.79. The van der Waals surface area contributed by atoms with Crippen molar-refractivity contribution >= 4 is 0 Å². The monoisotopic (exact) mass is 258 g/mol. The zero-order valence-corrected chi connectivity index (χ0v) is 10.7. The highest BCUT2D eigenvalue weighted by Gasteiger charge is 2.09. The van der Waals surface area contributed by atoms with Gasteiger partial charge in [-0.1, -0.05) is 0 Å². The lowest BCUT2D eigenvalue weighted by Crippen LogP contribution is -2.13. The maximum atomic E-state index is 13.8. The van der Waals surface area contributed by atoms with Crippen LogP contribution in [0.4, 0.5) is 4.39 Å². The van der Waals surface area contributed by atoms with Gasteiger partial charge in [-0.25, -0.2) is 9.37 Å². The predicted molar refractivity (Wildman–Crippen MR) is 65.1 cm³/mol. The summed E-state index contributed by atoms with van der Waals surface area (Å²) in [5.41, 5.74) is 0.530. The highest BCUT2D eigenvalue weighted by Crippen LogP contribution is 2.16. The van der Waals surface area contributed by atoms with E-state index in [4.69, 9.17) is 14.2 Å². The van der Waals surface area contributed by atoms with Crippen molar-refractivity contribution in [2.45, 2.75) is 6.54 Å². The van der Waals surface area contributed by atoms with Gasteiger partial charge >= 0.3 is 0 Å². The quantitative estimate of drug-likeness (QED) is 0.669. The van der Waals surface area contributed by atoms with E-state index in [0.717, 1.165) is 0 Å². The average Bonchev–Trinajstić information content (AvgIpc) is 2.38. The number of nitrogens with zero attached hydrogens (tertiary/aromatic N) is 1. The molecule has 0 fully saturated rings. The SMILES string of the molecule is CNCc1ccnc(OCCOCCOC)c1F. The van der Waals surface area contributed by atoms with Gasteiger partial charge in [0.2, 0.25) is 0 Å². The van der Waals surface area contributed by atoms with Gasteiger partial charge < -0.3 is 19.5 Å². The molecule has 1 N–H and O–H groups in total. The fourth-order valence-electron chi connectivity index (χ4n) is 1.33. The van der Waals surface area contributed by atoms with Crippen LogP contribution in [0.3, 0.4) is 0 Å². The molecule has 1 aromatic rings. The van der Waals surface area contributed by atoms with Gasteiger partial charge in [-0.3, -0.25) is 0 Å². The smallest absolute Gasteiger partial charge is 0.250 e. The van der Waals surface area contributed by atoms with Gasteiger partial charge in [0.25, 0.3) is 5.88 Å². The van der Waals surface area contributed by atoms with Crippen LogP contribution in [0.25, 0.3) is 0 Å². The lowest BCUT2D eigenvalue weighted by atomic mass is 10.2. The van der Waals surface area contributed by atoms with Crippen molar-refractivity contribution in [3.05, 3.63) is 23.6 Å². The van der Waals surface area contributed by atoms with E-state index in [1.54, 1.807) is 20.2 Å². The largest absolute Gasteiger partial charge is 0.473 e. The molecule has 6 heteroatoms. The minimum atomic E-state index is -0.427. The van der Waals surface area contributed by atoms with Crippen molar-refractivity contribution < 1.29 is 18.6 Å². The first kappa shape index (κ1) is 14.8. The van der Waals surface area contributed by atoms with Crippen LogP contribution in [0, 0.1) is 5.82 Å². The Balaban J connectivity index is 2.35. The summed E-state index contributed by atoms with van der Waals surface area (Å²) in [4.78, 5) is 3.85. The second-order valence-corrected chi connectivity index (χ2v) is 3.57. The summed E-state index contributed by atoms with van der Waals surface area (Å²) in [6.07, 6.45) is 1.52. The molecule has 0 spiro atoms. The molecule has 0 aromatic carbocycles. The first-order valence-corrected chi connectivity index (χ1v) is 5.77. The second kappa shape index (κ2) is 8.79. The van der Waals surface area contributed by atoms with Crippen LogP contribution in [0.1, 0.15) is 5.56 Å². The summed E-state index contributed by atoms with van der Waals surface area (Å²) in [5, 5.41) is 2.88. The second-order valence-electron chi connectivity index (χ2n) is 3.57. The number of hydrogen-bond donors (Lipinski definition) is 1. The summed E-state index contributed by atoms with van der Waals surface area (Å²) >= 11 is 0. The van der Waals surface area contributed by atoms with Crippen LogP contribution >= 0.6 is 0 Å². The van der Waals surface area contributed by atoms with Crippen molar-refractivity contribution in [3.63, 3.8) is 0 Å². The Bertz CT molecular complexity index is 350. The summed E-state index contributed by atoms with van der Waals surface area (Å²) in [5.74, 6) is -0.415. The zero-order valence-electron chi connectivity index (χ0n) is 10.7. The lowest BCUT2D eigenvalue weighted by Gasteiger charge is -2.09. The predicted octanol–water partition coefficient (Wildman–Crippen LogP) is 0.982. The molecule has 0 saturated heterocycles. The normalized spacial score (nSPS) is 10.6. The third-order valence-corrected chi connectivity index (χ3v) is 2.20. The molecule has 0 saturated carbocycles. The van der Waals surface area contributed by atoms with E-state index in [9.17, 15) is 4.39 Å². The molecule has 0 aliphatic rings. The maximum Gasteiger partial charge on any atom is 0.250 e. The molecule has 0 atom stereocenters. The van der Waals surface area contributed by atoms with Crippen LogP contribution in [0.5, 0.6) is 5.88 Å². The van der Waals surface area contributed by atoms with E-state index in [2.05, 4.69) is 10.3 Å². The fourth-order valence-corrected chi connectivity index (χ4v) is 1.33. The Labute approximate surface area is 106 Å². The molecular weight excluding hydrogens is 239 g/mol. The van der Waals surface area contributed by atoms with Crippen LogP contribution in [-0.4, -0.2) is 45.6 Å². The summed E-state index contributed by atoms with van der Waals surface area (Å²) in [6.45, 7) is 2.10. The van der Waals surface area contributed by atoms with E-state index in [0.29, 0.717) is 31.9 Å². The number of hydrogen-bond acceptors (Lipinski definition) is 5. The van der Waals surface area contributed by atoms with Gasteiger partial charge in [-0.05, 0) is 13.1 Å². The third-order valence-electron chi connectivity index (χ3n) is 2.20. The summed E-state index contributed by atoms with van der Waals surface area (Å²) in [7, 11) is 3.36. The Hall–Kier alpha value is -1.24. The fraction of sp³-hybridized carbons (Fsp3) is 0.583. The average molecular weight is 258 g/mol. The van der Waals surface area contributed by atoms with E-state index >= 15 is 0 Å². The summed E-state index contributed by atoms with van der Waals surface area (Å²) < 4.78 is 29.0. The minimum Gasteiger partial charge on any atom is -0.473 e. The van der Waals surface area contributed by atoms with Crippen molar-refractivity contribution in [1.29, 1.82) is 0 Å². The Morgan fingerprint density at radius 3 is 2.78 bits per heavy atom. The van der Waals surface area contributed by atoms with Gasteiger partial charge in [0.05, 0.1) is 19.8 Å². The molecule has 0 radical (unpaired) electrons. The van der Waals surface area contributed by atoms with Gasteiger partial charge in [0.15, 0.2) is 5.82 Å². The topological polar surface area (TPSA) is 52.6 Å². The Morgan fingerprint density at radius 1 is 1.28 bits per heavy atom. The van der Waals surface area contributed by atoms with Gasteiger partial charge in [-0.2, -0.15) is 0 Å². The van der Waals surface area contributed by atoms with Gasteiger partial charge in [-0.15, -0.1) is 0 Å². The number of ether oxygens (including phenoxy) is 3. The van der Waals surface area contributed by atoms with Crippen molar-refractivity contribution in [3.8, 4) is 5.88 Å². The number of aromatic nitrogens is 1. The van der Waals surface area contributed by atoms with Gasteiger partial charge in [0.1, 0.15) is 6.61 Å². The van der Waals surface area contributed by atoms with Crippen molar-refractivity contribution in [2.75, 3.05) is 40.6 Å². The molecule has 1 rings (SSSR count). The molecule has 0 unspecified atom stereocenters. The number of nitrogens with one attached hydrogen (secondary N) is 1. The molecule has 0 amide bonds. The van der Waals surface area contributed by atoms with Crippen LogP contribution < -0.4 is 10.1 Å². The number of rotatable bonds is 9. The first-order valence-electron chi connectivity index (χ1n) is 5.77. The van der Waals surface area contributed by atoms with Crippen molar-refractivity contribution in [2.24, 2.45) is 0 Å². The van der Waals surface area contributed by atoms with E-state index in [1.165, 1.54) is 6.20 Å². The number of methoxy groups -OCH3 is 1. The molecule has 0 aliphatic carbocycles. The maximum absolute atomic E-state index is 13.8. The van der Waals surface area contributed by atoms with E-state index in [-0.39, 0.29) is 12.5 Å². The highest BCUT2D eigenvalue weighted by atomic mass is 19.1. The molecule has 0 aliphatic heterocycles. The van der Waals surface area contributed by atoms with E-state index < -0.39 is 5.82 Å². The molecule has 1 aromatic heterocycles. The van der Waals surface area contributed by atoms with Crippen LogP contribution in [0.15, 0.2) is 12.3 Å². The third kappa shape index (κ3) is 4.95. The molecule has 102 valence electrons. The minimum absolute atomic E-state index is 0.0121.